The van der Waals surface area contributed by atoms with E-state index in [0.29, 0.717) is 5.25 Å². The quantitative estimate of drug-likeness (QED) is 0.786. The monoisotopic (exact) mass is 187 g/mol. The van der Waals surface area contributed by atoms with E-state index < -0.39 is 0 Å². The summed E-state index contributed by atoms with van der Waals surface area (Å²) in [7, 11) is 0. The van der Waals surface area contributed by atoms with Gasteiger partial charge < -0.3 is 5.73 Å². The Kier molecular flexibility index (Phi) is 3.43. The van der Waals surface area contributed by atoms with Crippen LogP contribution in [0.2, 0.25) is 0 Å². The van der Waals surface area contributed by atoms with Crippen LogP contribution in [0.4, 0.5) is 0 Å². The number of thioether (sulfide) groups is 1. The first-order valence-corrected chi connectivity index (χ1v) is 5.67. The predicted molar refractivity (Wildman–Crippen MR) is 54.4 cm³/mol. The summed E-state index contributed by atoms with van der Waals surface area (Å²) in [5.74, 6) is 0. The molecular formula is C8H13NS2. The molecule has 1 heterocycles. The zero-order valence-electron chi connectivity index (χ0n) is 6.83. The molecule has 3 heteroatoms. The van der Waals surface area contributed by atoms with Crippen LogP contribution in [0.1, 0.15) is 15.0 Å². The summed E-state index contributed by atoms with van der Waals surface area (Å²) in [6.07, 6.45) is 2.10. The predicted octanol–water partition coefficient (Wildman–Crippen LogP) is 2.42. The standard InChI is InChI=1S/C8H13NS2/c1-6-3-4-7(11-6)8(5-9)10-2/h3-4,8H,5,9H2,1-2H3. The Morgan fingerprint density at radius 2 is 2.36 bits per heavy atom. The van der Waals surface area contributed by atoms with E-state index in [1.54, 1.807) is 0 Å². The topological polar surface area (TPSA) is 26.0 Å². The van der Waals surface area contributed by atoms with Gasteiger partial charge in [0, 0.05) is 16.3 Å². The van der Waals surface area contributed by atoms with Crippen molar-refractivity contribution >= 4 is 23.1 Å². The molecule has 0 fully saturated rings. The molecule has 0 saturated heterocycles. The zero-order valence-corrected chi connectivity index (χ0v) is 8.47. The van der Waals surface area contributed by atoms with Gasteiger partial charge in [0.1, 0.15) is 0 Å². The van der Waals surface area contributed by atoms with Crippen LogP contribution in [0, 0.1) is 6.92 Å². The van der Waals surface area contributed by atoms with Crippen LogP contribution < -0.4 is 5.73 Å². The molecule has 0 aromatic carbocycles. The van der Waals surface area contributed by atoms with Crippen molar-refractivity contribution in [3.63, 3.8) is 0 Å². The van der Waals surface area contributed by atoms with Crippen molar-refractivity contribution in [3.8, 4) is 0 Å². The van der Waals surface area contributed by atoms with Gasteiger partial charge in [-0.25, -0.2) is 0 Å². The number of thiophene rings is 1. The maximum absolute atomic E-state index is 5.61. The second-order valence-corrected chi connectivity index (χ2v) is 4.77. The van der Waals surface area contributed by atoms with Crippen LogP contribution >= 0.6 is 23.1 Å². The van der Waals surface area contributed by atoms with Gasteiger partial charge in [0.2, 0.25) is 0 Å². The molecule has 1 aromatic heterocycles. The van der Waals surface area contributed by atoms with Gasteiger partial charge in [-0.2, -0.15) is 11.8 Å². The number of nitrogens with two attached hydrogens (primary N) is 1. The molecule has 1 unspecified atom stereocenters. The summed E-state index contributed by atoms with van der Waals surface area (Å²) in [4.78, 5) is 2.77. The van der Waals surface area contributed by atoms with Crippen molar-refractivity contribution in [1.29, 1.82) is 0 Å². The third-order valence-electron chi connectivity index (χ3n) is 1.58. The van der Waals surface area contributed by atoms with E-state index in [-0.39, 0.29) is 0 Å². The van der Waals surface area contributed by atoms with Gasteiger partial charge in [-0.3, -0.25) is 0 Å². The molecule has 0 bridgehead atoms. The summed E-state index contributed by atoms with van der Waals surface area (Å²) < 4.78 is 0. The lowest BCUT2D eigenvalue weighted by molar-refractivity contribution is 0.964. The van der Waals surface area contributed by atoms with Crippen molar-refractivity contribution in [2.45, 2.75) is 12.2 Å². The Morgan fingerprint density at radius 1 is 1.64 bits per heavy atom. The second kappa shape index (κ2) is 4.14. The molecule has 62 valence electrons. The van der Waals surface area contributed by atoms with E-state index in [9.17, 15) is 0 Å². The number of hydrogen-bond donors (Lipinski definition) is 1. The van der Waals surface area contributed by atoms with Gasteiger partial charge in [-0.05, 0) is 25.3 Å². The van der Waals surface area contributed by atoms with Crippen LogP contribution in [0.15, 0.2) is 12.1 Å². The zero-order chi connectivity index (χ0) is 8.27. The highest BCUT2D eigenvalue weighted by molar-refractivity contribution is 7.99. The summed E-state index contributed by atoms with van der Waals surface area (Å²) >= 11 is 3.67. The van der Waals surface area contributed by atoms with E-state index in [4.69, 9.17) is 5.73 Å². The summed E-state index contributed by atoms with van der Waals surface area (Å²) in [6, 6.07) is 4.33. The normalized spacial score (nSPS) is 13.4. The molecule has 0 amide bonds. The van der Waals surface area contributed by atoms with Crippen molar-refractivity contribution in [2.75, 3.05) is 12.8 Å². The summed E-state index contributed by atoms with van der Waals surface area (Å²) in [5, 5.41) is 0.494. The summed E-state index contributed by atoms with van der Waals surface area (Å²) in [6.45, 7) is 2.86. The van der Waals surface area contributed by atoms with E-state index in [1.165, 1.54) is 9.75 Å². The molecule has 2 N–H and O–H groups in total. The minimum absolute atomic E-state index is 0.494. The maximum Gasteiger partial charge on any atom is 0.0510 e. The highest BCUT2D eigenvalue weighted by Gasteiger charge is 2.08. The minimum Gasteiger partial charge on any atom is -0.329 e. The van der Waals surface area contributed by atoms with Crippen molar-refractivity contribution in [2.24, 2.45) is 5.73 Å². The highest BCUT2D eigenvalue weighted by atomic mass is 32.2. The van der Waals surface area contributed by atoms with Crippen LogP contribution in [-0.4, -0.2) is 12.8 Å². The molecule has 0 radical (unpaired) electrons. The SMILES string of the molecule is CSC(CN)c1ccc(C)s1. The van der Waals surface area contributed by atoms with Crippen LogP contribution in [0.25, 0.3) is 0 Å². The number of aryl methyl sites for hydroxylation is 1. The largest absolute Gasteiger partial charge is 0.329 e. The molecule has 1 aromatic rings. The van der Waals surface area contributed by atoms with E-state index in [0.717, 1.165) is 6.54 Å². The summed E-state index contributed by atoms with van der Waals surface area (Å²) in [5.41, 5.74) is 5.61. The lowest BCUT2D eigenvalue weighted by atomic mass is 10.3. The molecule has 0 aliphatic heterocycles. The number of hydrogen-bond acceptors (Lipinski definition) is 3. The van der Waals surface area contributed by atoms with Gasteiger partial charge in [0.15, 0.2) is 0 Å². The lowest BCUT2D eigenvalue weighted by Gasteiger charge is -2.07. The lowest BCUT2D eigenvalue weighted by Crippen LogP contribution is -2.07. The van der Waals surface area contributed by atoms with Gasteiger partial charge in [-0.15, -0.1) is 11.3 Å². The molecule has 0 aliphatic rings. The third kappa shape index (κ3) is 2.22. The smallest absolute Gasteiger partial charge is 0.0510 e. The Morgan fingerprint density at radius 3 is 2.73 bits per heavy atom. The maximum atomic E-state index is 5.61. The Balaban J connectivity index is 2.73. The van der Waals surface area contributed by atoms with E-state index in [2.05, 4.69) is 25.3 Å². The van der Waals surface area contributed by atoms with E-state index >= 15 is 0 Å². The second-order valence-electron chi connectivity index (χ2n) is 2.41. The fourth-order valence-corrected chi connectivity index (χ4v) is 2.76. The van der Waals surface area contributed by atoms with Gasteiger partial charge in [0.05, 0.1) is 5.25 Å². The molecular weight excluding hydrogens is 174 g/mol. The average molecular weight is 187 g/mol. The first-order valence-electron chi connectivity index (χ1n) is 3.57. The Hall–Kier alpha value is 0.01000. The molecule has 1 nitrogen and oxygen atoms in total. The van der Waals surface area contributed by atoms with Gasteiger partial charge >= 0.3 is 0 Å². The first kappa shape index (κ1) is 9.10. The number of rotatable bonds is 3. The fourth-order valence-electron chi connectivity index (χ4n) is 0.955. The molecule has 11 heavy (non-hydrogen) atoms. The molecule has 0 saturated carbocycles. The fraction of sp³-hybridized carbons (Fsp3) is 0.500. The Labute approximate surface area is 76.0 Å². The Bertz CT molecular complexity index is 216. The van der Waals surface area contributed by atoms with Crippen LogP contribution in [-0.2, 0) is 0 Å². The van der Waals surface area contributed by atoms with Crippen molar-refractivity contribution in [1.82, 2.24) is 0 Å². The first-order chi connectivity index (χ1) is 5.27. The van der Waals surface area contributed by atoms with Crippen molar-refractivity contribution in [3.05, 3.63) is 21.9 Å². The van der Waals surface area contributed by atoms with Crippen LogP contribution in [0.5, 0.6) is 0 Å². The minimum atomic E-state index is 0.494. The van der Waals surface area contributed by atoms with Crippen molar-refractivity contribution < 1.29 is 0 Å². The van der Waals surface area contributed by atoms with E-state index in [1.807, 2.05) is 23.1 Å². The van der Waals surface area contributed by atoms with Gasteiger partial charge in [-0.1, -0.05) is 0 Å². The molecule has 0 spiro atoms. The van der Waals surface area contributed by atoms with Crippen LogP contribution in [0.3, 0.4) is 0 Å². The molecule has 1 rings (SSSR count). The highest BCUT2D eigenvalue weighted by Crippen LogP contribution is 2.30. The van der Waals surface area contributed by atoms with Gasteiger partial charge in [0.25, 0.3) is 0 Å². The third-order valence-corrected chi connectivity index (χ3v) is 3.86. The molecule has 0 aliphatic carbocycles. The molecule has 1 atom stereocenters. The average Bonchev–Trinajstić information content (AvgIpc) is 2.39.